The standard InChI is InChI=1S/C14H22N2O3S/c1-3-5-7-10(6-4-2)15-14(19)16-12-11(13(17)18)8-9-20-12/h8-10H,3-7H2,1-2H3,(H,17,18)(H2,15,16,19). The highest BCUT2D eigenvalue weighted by molar-refractivity contribution is 7.14. The molecule has 0 aliphatic heterocycles. The van der Waals surface area contributed by atoms with Crippen LogP contribution in [0.2, 0.25) is 0 Å². The van der Waals surface area contributed by atoms with Gasteiger partial charge < -0.3 is 10.4 Å². The van der Waals surface area contributed by atoms with Gasteiger partial charge in [0.15, 0.2) is 0 Å². The molecule has 0 fully saturated rings. The minimum Gasteiger partial charge on any atom is -0.478 e. The van der Waals surface area contributed by atoms with E-state index >= 15 is 0 Å². The fraction of sp³-hybridized carbons (Fsp3) is 0.571. The first-order valence-corrected chi connectivity index (χ1v) is 7.84. The quantitative estimate of drug-likeness (QED) is 0.680. The molecule has 1 unspecified atom stereocenters. The van der Waals surface area contributed by atoms with Crippen molar-refractivity contribution in [2.24, 2.45) is 0 Å². The van der Waals surface area contributed by atoms with E-state index in [1.807, 2.05) is 0 Å². The number of aromatic carboxylic acids is 1. The molecular formula is C14H22N2O3S. The lowest BCUT2D eigenvalue weighted by Gasteiger charge is -2.18. The van der Waals surface area contributed by atoms with Crippen LogP contribution in [-0.2, 0) is 0 Å². The van der Waals surface area contributed by atoms with Crippen molar-refractivity contribution < 1.29 is 14.7 Å². The topological polar surface area (TPSA) is 78.4 Å². The van der Waals surface area contributed by atoms with E-state index in [1.54, 1.807) is 5.38 Å². The highest BCUT2D eigenvalue weighted by atomic mass is 32.1. The van der Waals surface area contributed by atoms with Gasteiger partial charge in [-0.3, -0.25) is 5.32 Å². The molecule has 1 aromatic rings. The van der Waals surface area contributed by atoms with Gasteiger partial charge in [-0.15, -0.1) is 11.3 Å². The number of carboxylic acids is 1. The smallest absolute Gasteiger partial charge is 0.338 e. The molecule has 0 aromatic carbocycles. The molecule has 0 aliphatic carbocycles. The van der Waals surface area contributed by atoms with Gasteiger partial charge >= 0.3 is 12.0 Å². The Labute approximate surface area is 123 Å². The zero-order valence-electron chi connectivity index (χ0n) is 11.9. The Morgan fingerprint density at radius 2 is 2.05 bits per heavy atom. The molecule has 0 saturated heterocycles. The van der Waals surface area contributed by atoms with Crippen LogP contribution in [-0.4, -0.2) is 23.1 Å². The molecule has 0 spiro atoms. The third-order valence-corrected chi connectivity index (χ3v) is 3.83. The maximum absolute atomic E-state index is 11.9. The lowest BCUT2D eigenvalue weighted by molar-refractivity contribution is 0.0698. The summed E-state index contributed by atoms with van der Waals surface area (Å²) < 4.78 is 0. The van der Waals surface area contributed by atoms with E-state index in [0.29, 0.717) is 5.00 Å². The fourth-order valence-electron chi connectivity index (χ4n) is 1.99. The van der Waals surface area contributed by atoms with E-state index < -0.39 is 5.97 Å². The van der Waals surface area contributed by atoms with Crippen LogP contribution in [0.5, 0.6) is 0 Å². The first-order chi connectivity index (χ1) is 9.58. The molecule has 112 valence electrons. The second kappa shape index (κ2) is 8.58. The Morgan fingerprint density at radius 1 is 1.30 bits per heavy atom. The predicted molar refractivity (Wildman–Crippen MR) is 81.7 cm³/mol. The van der Waals surface area contributed by atoms with Crippen molar-refractivity contribution in [1.29, 1.82) is 0 Å². The Kier molecular flexibility index (Phi) is 7.08. The van der Waals surface area contributed by atoms with Gasteiger partial charge in [0, 0.05) is 6.04 Å². The fourth-order valence-corrected chi connectivity index (χ4v) is 2.76. The number of rotatable bonds is 8. The van der Waals surface area contributed by atoms with Crippen molar-refractivity contribution in [3.05, 3.63) is 17.0 Å². The minimum atomic E-state index is -1.03. The largest absolute Gasteiger partial charge is 0.478 e. The Hall–Kier alpha value is -1.56. The molecule has 1 atom stereocenters. The second-order valence-corrected chi connectivity index (χ2v) is 5.61. The number of urea groups is 1. The van der Waals surface area contributed by atoms with Crippen LogP contribution < -0.4 is 10.6 Å². The van der Waals surface area contributed by atoms with Crippen LogP contribution in [0, 0.1) is 0 Å². The van der Waals surface area contributed by atoms with Crippen molar-refractivity contribution in [3.63, 3.8) is 0 Å². The highest BCUT2D eigenvalue weighted by Gasteiger charge is 2.16. The molecule has 5 nitrogen and oxygen atoms in total. The van der Waals surface area contributed by atoms with Gasteiger partial charge in [0.05, 0.1) is 5.56 Å². The zero-order valence-corrected chi connectivity index (χ0v) is 12.8. The van der Waals surface area contributed by atoms with Crippen LogP contribution in [0.25, 0.3) is 0 Å². The highest BCUT2D eigenvalue weighted by Crippen LogP contribution is 2.23. The molecule has 6 heteroatoms. The van der Waals surface area contributed by atoms with E-state index in [-0.39, 0.29) is 17.6 Å². The summed E-state index contributed by atoms with van der Waals surface area (Å²) in [7, 11) is 0. The van der Waals surface area contributed by atoms with Crippen LogP contribution in [0.1, 0.15) is 56.3 Å². The van der Waals surface area contributed by atoms with Crippen LogP contribution in [0.15, 0.2) is 11.4 Å². The average molecular weight is 298 g/mol. The normalized spacial score (nSPS) is 11.9. The van der Waals surface area contributed by atoms with Gasteiger partial charge in [0.2, 0.25) is 0 Å². The first-order valence-electron chi connectivity index (χ1n) is 6.96. The average Bonchev–Trinajstić information content (AvgIpc) is 2.84. The van der Waals surface area contributed by atoms with Gasteiger partial charge in [-0.05, 0) is 24.3 Å². The predicted octanol–water partition coefficient (Wildman–Crippen LogP) is 3.93. The van der Waals surface area contributed by atoms with Crippen LogP contribution >= 0.6 is 11.3 Å². The summed E-state index contributed by atoms with van der Waals surface area (Å²) in [6.45, 7) is 4.20. The lowest BCUT2D eigenvalue weighted by atomic mass is 10.1. The Bertz CT molecular complexity index is 445. The number of anilines is 1. The van der Waals surface area contributed by atoms with Crippen molar-refractivity contribution in [2.45, 2.75) is 52.0 Å². The summed E-state index contributed by atoms with van der Waals surface area (Å²) in [4.78, 5) is 22.9. The summed E-state index contributed by atoms with van der Waals surface area (Å²) >= 11 is 1.21. The monoisotopic (exact) mass is 298 g/mol. The van der Waals surface area contributed by atoms with Crippen LogP contribution in [0.3, 0.4) is 0 Å². The number of carbonyl (C=O) groups is 2. The number of amides is 2. The third-order valence-electron chi connectivity index (χ3n) is 3.00. The van der Waals surface area contributed by atoms with E-state index in [0.717, 1.165) is 32.1 Å². The van der Waals surface area contributed by atoms with Crippen molar-refractivity contribution >= 4 is 28.3 Å². The van der Waals surface area contributed by atoms with Gasteiger partial charge in [0.25, 0.3) is 0 Å². The van der Waals surface area contributed by atoms with Crippen LogP contribution in [0.4, 0.5) is 9.80 Å². The maximum atomic E-state index is 11.9. The molecule has 1 aromatic heterocycles. The lowest BCUT2D eigenvalue weighted by Crippen LogP contribution is -2.38. The second-order valence-electron chi connectivity index (χ2n) is 4.69. The molecule has 3 N–H and O–H groups in total. The van der Waals surface area contributed by atoms with E-state index in [2.05, 4.69) is 24.5 Å². The minimum absolute atomic E-state index is 0.130. The van der Waals surface area contributed by atoms with Gasteiger partial charge in [-0.1, -0.05) is 33.1 Å². The maximum Gasteiger partial charge on any atom is 0.338 e. The molecule has 1 heterocycles. The summed E-state index contributed by atoms with van der Waals surface area (Å²) in [6, 6.07) is 1.31. The van der Waals surface area contributed by atoms with Gasteiger partial charge in [-0.25, -0.2) is 9.59 Å². The summed E-state index contributed by atoms with van der Waals surface area (Å²) in [5.41, 5.74) is 0.130. The molecule has 0 radical (unpaired) electrons. The molecule has 2 amide bonds. The van der Waals surface area contributed by atoms with Gasteiger partial charge in [-0.2, -0.15) is 0 Å². The molecule has 0 aliphatic rings. The number of carbonyl (C=O) groups excluding carboxylic acids is 1. The SMILES string of the molecule is CCCCC(CCC)NC(=O)Nc1sccc1C(=O)O. The molecule has 0 bridgehead atoms. The van der Waals surface area contributed by atoms with Crippen molar-refractivity contribution in [1.82, 2.24) is 5.32 Å². The number of thiophene rings is 1. The first kappa shape index (κ1) is 16.5. The number of hydrogen-bond acceptors (Lipinski definition) is 3. The Balaban J connectivity index is 2.56. The van der Waals surface area contributed by atoms with E-state index in [4.69, 9.17) is 5.11 Å². The van der Waals surface area contributed by atoms with E-state index in [1.165, 1.54) is 17.4 Å². The summed E-state index contributed by atoms with van der Waals surface area (Å²) in [5, 5.41) is 16.6. The Morgan fingerprint density at radius 3 is 2.65 bits per heavy atom. The summed E-state index contributed by atoms with van der Waals surface area (Å²) in [6.07, 6.45) is 5.06. The molecule has 20 heavy (non-hydrogen) atoms. The number of unbranched alkanes of at least 4 members (excludes halogenated alkanes) is 1. The van der Waals surface area contributed by atoms with Crippen molar-refractivity contribution in [2.75, 3.05) is 5.32 Å². The van der Waals surface area contributed by atoms with Gasteiger partial charge in [0.1, 0.15) is 5.00 Å². The molecular weight excluding hydrogens is 276 g/mol. The number of carboxylic acid groups (broad SMARTS) is 1. The van der Waals surface area contributed by atoms with E-state index in [9.17, 15) is 9.59 Å². The van der Waals surface area contributed by atoms with Crippen molar-refractivity contribution in [3.8, 4) is 0 Å². The number of hydrogen-bond donors (Lipinski definition) is 3. The molecule has 1 rings (SSSR count). The summed E-state index contributed by atoms with van der Waals surface area (Å²) in [5.74, 6) is -1.03. The number of nitrogens with one attached hydrogen (secondary N) is 2. The molecule has 0 saturated carbocycles. The zero-order chi connectivity index (χ0) is 15.0. The third kappa shape index (κ3) is 5.21.